The van der Waals surface area contributed by atoms with Crippen LogP contribution in [0.25, 0.3) is 0 Å². The Hall–Kier alpha value is -0.610. The molecule has 0 rings (SSSR count). The first-order valence-corrected chi connectivity index (χ1v) is 4.75. The molecule has 0 bridgehead atoms. The van der Waals surface area contributed by atoms with Crippen molar-refractivity contribution in [2.24, 2.45) is 0 Å². The van der Waals surface area contributed by atoms with E-state index in [1.807, 2.05) is 13.8 Å². The van der Waals surface area contributed by atoms with Crippen LogP contribution in [0.15, 0.2) is 0 Å². The van der Waals surface area contributed by atoms with Crippen LogP contribution in [-0.2, 0) is 4.79 Å². The SMILES string of the molecule is CCCC(NC(CC)CO)C(=O)O. The van der Waals surface area contributed by atoms with Gasteiger partial charge in [-0.3, -0.25) is 10.1 Å². The lowest BCUT2D eigenvalue weighted by molar-refractivity contribution is -0.140. The normalized spacial score (nSPS) is 15.3. The molecule has 0 aromatic heterocycles. The summed E-state index contributed by atoms with van der Waals surface area (Å²) in [5, 5.41) is 20.6. The van der Waals surface area contributed by atoms with Gasteiger partial charge in [0, 0.05) is 6.04 Å². The van der Waals surface area contributed by atoms with Crippen molar-refractivity contribution in [1.82, 2.24) is 5.32 Å². The number of aliphatic carboxylic acids is 1. The smallest absolute Gasteiger partial charge is 0.320 e. The number of carboxylic acids is 1. The van der Waals surface area contributed by atoms with E-state index in [2.05, 4.69) is 5.32 Å². The summed E-state index contributed by atoms with van der Waals surface area (Å²) >= 11 is 0. The molecule has 0 aliphatic carbocycles. The standard InChI is InChI=1S/C9H19NO3/c1-3-5-8(9(12)13)10-7(4-2)6-11/h7-8,10-11H,3-6H2,1-2H3,(H,12,13). The zero-order valence-electron chi connectivity index (χ0n) is 8.29. The van der Waals surface area contributed by atoms with Crippen molar-refractivity contribution >= 4 is 5.97 Å². The predicted molar refractivity (Wildman–Crippen MR) is 50.6 cm³/mol. The molecule has 3 N–H and O–H groups in total. The van der Waals surface area contributed by atoms with Crippen LogP contribution in [0.3, 0.4) is 0 Å². The van der Waals surface area contributed by atoms with Crippen LogP contribution in [-0.4, -0.2) is 34.9 Å². The number of aliphatic hydroxyl groups excluding tert-OH is 1. The van der Waals surface area contributed by atoms with E-state index in [0.717, 1.165) is 12.8 Å². The van der Waals surface area contributed by atoms with Gasteiger partial charge in [-0.15, -0.1) is 0 Å². The largest absolute Gasteiger partial charge is 0.480 e. The molecule has 2 atom stereocenters. The second-order valence-electron chi connectivity index (χ2n) is 3.13. The summed E-state index contributed by atoms with van der Waals surface area (Å²) in [6.07, 6.45) is 2.17. The summed E-state index contributed by atoms with van der Waals surface area (Å²) in [4.78, 5) is 10.7. The van der Waals surface area contributed by atoms with Crippen LogP contribution in [0.5, 0.6) is 0 Å². The van der Waals surface area contributed by atoms with E-state index in [1.54, 1.807) is 0 Å². The van der Waals surface area contributed by atoms with Crippen molar-refractivity contribution in [2.75, 3.05) is 6.61 Å². The molecule has 0 heterocycles. The number of carbonyl (C=O) groups is 1. The lowest BCUT2D eigenvalue weighted by atomic mass is 10.1. The minimum atomic E-state index is -0.839. The van der Waals surface area contributed by atoms with E-state index in [9.17, 15) is 4.79 Å². The number of carboxylic acid groups (broad SMARTS) is 1. The van der Waals surface area contributed by atoms with E-state index in [-0.39, 0.29) is 12.6 Å². The molecular weight excluding hydrogens is 170 g/mol. The van der Waals surface area contributed by atoms with Crippen LogP contribution >= 0.6 is 0 Å². The fourth-order valence-corrected chi connectivity index (χ4v) is 1.15. The molecule has 0 aliphatic heterocycles. The molecule has 0 aliphatic rings. The highest BCUT2D eigenvalue weighted by Gasteiger charge is 2.18. The zero-order chi connectivity index (χ0) is 10.3. The third-order valence-electron chi connectivity index (χ3n) is 2.03. The van der Waals surface area contributed by atoms with Crippen LogP contribution in [0, 0.1) is 0 Å². The highest BCUT2D eigenvalue weighted by molar-refractivity contribution is 5.73. The molecule has 0 fully saturated rings. The zero-order valence-corrected chi connectivity index (χ0v) is 8.29. The van der Waals surface area contributed by atoms with Crippen LogP contribution in [0.1, 0.15) is 33.1 Å². The highest BCUT2D eigenvalue weighted by atomic mass is 16.4. The van der Waals surface area contributed by atoms with E-state index in [4.69, 9.17) is 10.2 Å². The van der Waals surface area contributed by atoms with Crippen molar-refractivity contribution in [3.8, 4) is 0 Å². The molecule has 0 saturated heterocycles. The Kier molecular flexibility index (Phi) is 6.54. The number of hydrogen-bond donors (Lipinski definition) is 3. The number of aliphatic hydroxyl groups is 1. The van der Waals surface area contributed by atoms with Gasteiger partial charge in [0.2, 0.25) is 0 Å². The monoisotopic (exact) mass is 189 g/mol. The molecule has 0 aromatic rings. The molecule has 2 unspecified atom stereocenters. The third kappa shape index (κ3) is 4.85. The lowest BCUT2D eigenvalue weighted by Crippen LogP contribution is -2.44. The van der Waals surface area contributed by atoms with Crippen molar-refractivity contribution in [2.45, 2.75) is 45.2 Å². The van der Waals surface area contributed by atoms with E-state index < -0.39 is 12.0 Å². The Morgan fingerprint density at radius 1 is 1.46 bits per heavy atom. The van der Waals surface area contributed by atoms with Gasteiger partial charge in [-0.1, -0.05) is 20.3 Å². The predicted octanol–water partition coefficient (Wildman–Crippen LogP) is 0.600. The van der Waals surface area contributed by atoms with Crippen LogP contribution in [0.4, 0.5) is 0 Å². The summed E-state index contributed by atoms with van der Waals surface area (Å²) in [5.74, 6) is -0.839. The van der Waals surface area contributed by atoms with Gasteiger partial charge in [0.05, 0.1) is 6.61 Å². The van der Waals surface area contributed by atoms with E-state index in [0.29, 0.717) is 6.42 Å². The maximum Gasteiger partial charge on any atom is 0.320 e. The number of nitrogens with one attached hydrogen (secondary N) is 1. The average molecular weight is 189 g/mol. The van der Waals surface area contributed by atoms with E-state index >= 15 is 0 Å². The Labute approximate surface area is 79.0 Å². The molecule has 0 spiro atoms. The van der Waals surface area contributed by atoms with Gasteiger partial charge in [0.1, 0.15) is 6.04 Å². The van der Waals surface area contributed by atoms with Gasteiger partial charge in [0.25, 0.3) is 0 Å². The van der Waals surface area contributed by atoms with Crippen molar-refractivity contribution < 1.29 is 15.0 Å². The summed E-state index contributed by atoms with van der Waals surface area (Å²) in [7, 11) is 0. The first-order valence-electron chi connectivity index (χ1n) is 4.75. The molecule has 4 nitrogen and oxygen atoms in total. The maximum atomic E-state index is 10.7. The molecular formula is C9H19NO3. The summed E-state index contributed by atoms with van der Waals surface area (Å²) < 4.78 is 0. The molecule has 4 heteroatoms. The number of rotatable bonds is 7. The fraction of sp³-hybridized carbons (Fsp3) is 0.889. The van der Waals surface area contributed by atoms with Crippen molar-refractivity contribution in [1.29, 1.82) is 0 Å². The molecule has 0 aromatic carbocycles. The Morgan fingerprint density at radius 3 is 2.38 bits per heavy atom. The number of hydrogen-bond acceptors (Lipinski definition) is 3. The molecule has 78 valence electrons. The maximum absolute atomic E-state index is 10.7. The quantitative estimate of drug-likeness (QED) is 0.548. The summed E-state index contributed by atoms with van der Waals surface area (Å²) in [5.41, 5.74) is 0. The first kappa shape index (κ1) is 12.4. The van der Waals surface area contributed by atoms with Gasteiger partial charge in [-0.2, -0.15) is 0 Å². The minimum absolute atomic E-state index is 0.00993. The Bertz CT molecular complexity index is 146. The van der Waals surface area contributed by atoms with Gasteiger partial charge in [0.15, 0.2) is 0 Å². The first-order chi connectivity index (χ1) is 6.15. The van der Waals surface area contributed by atoms with Crippen molar-refractivity contribution in [3.05, 3.63) is 0 Å². The second kappa shape index (κ2) is 6.86. The highest BCUT2D eigenvalue weighted by Crippen LogP contribution is 2.00. The van der Waals surface area contributed by atoms with Gasteiger partial charge >= 0.3 is 5.97 Å². The average Bonchev–Trinajstić information content (AvgIpc) is 2.11. The second-order valence-corrected chi connectivity index (χ2v) is 3.13. The minimum Gasteiger partial charge on any atom is -0.480 e. The van der Waals surface area contributed by atoms with E-state index in [1.165, 1.54) is 0 Å². The third-order valence-corrected chi connectivity index (χ3v) is 2.03. The van der Waals surface area contributed by atoms with Crippen LogP contribution < -0.4 is 5.32 Å². The molecule has 0 saturated carbocycles. The van der Waals surface area contributed by atoms with Gasteiger partial charge in [-0.25, -0.2) is 0 Å². The molecule has 0 radical (unpaired) electrons. The van der Waals surface area contributed by atoms with Crippen molar-refractivity contribution in [3.63, 3.8) is 0 Å². The topological polar surface area (TPSA) is 69.6 Å². The van der Waals surface area contributed by atoms with Gasteiger partial charge < -0.3 is 10.2 Å². The molecule has 0 amide bonds. The lowest BCUT2D eigenvalue weighted by Gasteiger charge is -2.19. The molecule has 13 heavy (non-hydrogen) atoms. The fourth-order valence-electron chi connectivity index (χ4n) is 1.15. The summed E-state index contributed by atoms with van der Waals surface area (Å²) in [6, 6.07) is -0.630. The Morgan fingerprint density at radius 2 is 2.08 bits per heavy atom. The Balaban J connectivity index is 3.99. The summed E-state index contributed by atoms with van der Waals surface area (Å²) in [6.45, 7) is 3.85. The van der Waals surface area contributed by atoms with Gasteiger partial charge in [-0.05, 0) is 12.8 Å². The van der Waals surface area contributed by atoms with Crippen LogP contribution in [0.2, 0.25) is 0 Å².